The van der Waals surface area contributed by atoms with E-state index in [9.17, 15) is 8.78 Å². The number of anilines is 1. The molecule has 124 valence electrons. The minimum Gasteiger partial charge on any atom is -0.353 e. The van der Waals surface area contributed by atoms with Crippen molar-refractivity contribution in [2.45, 2.75) is 18.9 Å². The number of halogens is 2. The molecule has 2 aromatic heterocycles. The zero-order valence-corrected chi connectivity index (χ0v) is 13.0. The zero-order valence-electron chi connectivity index (χ0n) is 13.0. The Morgan fingerprint density at radius 1 is 1.12 bits per heavy atom. The highest BCUT2D eigenvalue weighted by Crippen LogP contribution is 2.27. The third-order valence-electron chi connectivity index (χ3n) is 4.29. The monoisotopic (exact) mass is 329 g/mol. The van der Waals surface area contributed by atoms with Crippen LogP contribution in [-0.2, 0) is 0 Å². The normalized spacial score (nSPS) is 18.3. The average molecular weight is 329 g/mol. The highest BCUT2D eigenvalue weighted by Gasteiger charge is 2.21. The molecule has 3 heterocycles. The third-order valence-corrected chi connectivity index (χ3v) is 4.29. The molecule has 24 heavy (non-hydrogen) atoms. The molecule has 0 saturated carbocycles. The first kappa shape index (κ1) is 15.0. The van der Waals surface area contributed by atoms with Crippen LogP contribution < -0.4 is 10.6 Å². The van der Waals surface area contributed by atoms with E-state index in [1.165, 1.54) is 12.1 Å². The summed E-state index contributed by atoms with van der Waals surface area (Å²) in [6.45, 7) is 1.62. The predicted molar refractivity (Wildman–Crippen MR) is 87.8 cm³/mol. The van der Waals surface area contributed by atoms with Crippen LogP contribution in [0.5, 0.6) is 0 Å². The largest absolute Gasteiger partial charge is 0.353 e. The Labute approximate surface area is 137 Å². The minimum absolute atomic E-state index is 0.125. The van der Waals surface area contributed by atoms with Crippen molar-refractivity contribution in [3.63, 3.8) is 0 Å². The molecule has 1 unspecified atom stereocenters. The average Bonchev–Trinajstić information content (AvgIpc) is 2.98. The van der Waals surface area contributed by atoms with Crippen LogP contribution in [0, 0.1) is 11.6 Å². The highest BCUT2D eigenvalue weighted by molar-refractivity contribution is 5.75. The van der Waals surface area contributed by atoms with Gasteiger partial charge in [0, 0.05) is 43.2 Å². The van der Waals surface area contributed by atoms with Gasteiger partial charge in [-0.15, -0.1) is 0 Å². The van der Waals surface area contributed by atoms with Gasteiger partial charge in [-0.1, -0.05) is 0 Å². The molecule has 0 bridgehead atoms. The van der Waals surface area contributed by atoms with E-state index in [2.05, 4.69) is 15.0 Å². The Balaban J connectivity index is 1.79. The van der Waals surface area contributed by atoms with Crippen LogP contribution in [-0.4, -0.2) is 33.7 Å². The molecular weight excluding hydrogens is 312 g/mol. The van der Waals surface area contributed by atoms with Gasteiger partial charge in [0.2, 0.25) is 0 Å². The molecule has 0 spiro atoms. The quantitative estimate of drug-likeness (QED) is 0.785. The molecule has 1 atom stereocenters. The van der Waals surface area contributed by atoms with Gasteiger partial charge in [0.25, 0.3) is 0 Å². The number of rotatable bonds is 2. The number of hydrogen-bond donors (Lipinski definition) is 1. The van der Waals surface area contributed by atoms with Gasteiger partial charge >= 0.3 is 0 Å². The van der Waals surface area contributed by atoms with E-state index in [4.69, 9.17) is 5.73 Å². The van der Waals surface area contributed by atoms with Gasteiger partial charge in [0.15, 0.2) is 5.82 Å². The van der Waals surface area contributed by atoms with E-state index in [0.717, 1.165) is 43.3 Å². The Hall–Kier alpha value is -2.54. The molecule has 1 saturated heterocycles. The second-order valence-electron chi connectivity index (χ2n) is 6.12. The maximum Gasteiger partial charge on any atom is 0.154 e. The van der Waals surface area contributed by atoms with E-state index in [1.54, 1.807) is 23.0 Å². The molecule has 0 aliphatic carbocycles. The number of aromatic nitrogens is 3. The van der Waals surface area contributed by atoms with Crippen molar-refractivity contribution in [3.05, 3.63) is 48.3 Å². The van der Waals surface area contributed by atoms with Gasteiger partial charge in [0.05, 0.1) is 5.69 Å². The number of fused-ring (bicyclic) bond motifs is 1. The molecule has 0 amide bonds. The fraction of sp³-hybridized carbons (Fsp3) is 0.294. The summed E-state index contributed by atoms with van der Waals surface area (Å²) in [5, 5.41) is 4.43. The van der Waals surface area contributed by atoms with Crippen molar-refractivity contribution >= 4 is 11.3 Å². The summed E-state index contributed by atoms with van der Waals surface area (Å²) in [7, 11) is 0. The van der Waals surface area contributed by atoms with Gasteiger partial charge in [-0.25, -0.2) is 18.3 Å². The van der Waals surface area contributed by atoms with E-state index >= 15 is 0 Å². The van der Waals surface area contributed by atoms with Crippen molar-refractivity contribution in [2.75, 3.05) is 18.0 Å². The smallest absolute Gasteiger partial charge is 0.154 e. The summed E-state index contributed by atoms with van der Waals surface area (Å²) in [6, 6.07) is 5.32. The standard InChI is InChI=1S/C17H17F2N5/c18-12-6-11(7-13(19)8-12)15-9-16-17(21-3-5-24(16)22-15)23-4-1-2-14(20)10-23/h3,5-9,14H,1-2,4,10,20H2. The molecule has 1 fully saturated rings. The molecule has 2 N–H and O–H groups in total. The molecule has 1 aliphatic rings. The zero-order chi connectivity index (χ0) is 16.7. The van der Waals surface area contributed by atoms with Gasteiger partial charge in [-0.3, -0.25) is 0 Å². The van der Waals surface area contributed by atoms with Crippen molar-refractivity contribution in [3.8, 4) is 11.3 Å². The molecule has 1 aliphatic heterocycles. The van der Waals surface area contributed by atoms with Crippen molar-refractivity contribution in [1.29, 1.82) is 0 Å². The minimum atomic E-state index is -0.623. The molecule has 5 nitrogen and oxygen atoms in total. The van der Waals surface area contributed by atoms with Crippen LogP contribution in [0.15, 0.2) is 36.7 Å². The van der Waals surface area contributed by atoms with Crippen LogP contribution >= 0.6 is 0 Å². The Kier molecular flexibility index (Phi) is 3.65. The Morgan fingerprint density at radius 3 is 2.67 bits per heavy atom. The maximum atomic E-state index is 13.5. The topological polar surface area (TPSA) is 59.5 Å². The van der Waals surface area contributed by atoms with Gasteiger partial charge in [0.1, 0.15) is 17.2 Å². The van der Waals surface area contributed by atoms with Gasteiger partial charge in [-0.2, -0.15) is 5.10 Å². The van der Waals surface area contributed by atoms with Crippen LogP contribution in [0.1, 0.15) is 12.8 Å². The number of nitrogens with zero attached hydrogens (tertiary/aromatic N) is 4. The third kappa shape index (κ3) is 2.71. The van der Waals surface area contributed by atoms with E-state index in [0.29, 0.717) is 11.3 Å². The van der Waals surface area contributed by atoms with Crippen molar-refractivity contribution in [1.82, 2.24) is 14.6 Å². The molecular formula is C17H17F2N5. The number of hydrogen-bond acceptors (Lipinski definition) is 4. The fourth-order valence-corrected chi connectivity index (χ4v) is 3.20. The van der Waals surface area contributed by atoms with Crippen molar-refractivity contribution in [2.24, 2.45) is 5.73 Å². The molecule has 1 aromatic carbocycles. The second kappa shape index (κ2) is 5.83. The van der Waals surface area contributed by atoms with E-state index in [1.807, 2.05) is 0 Å². The lowest BCUT2D eigenvalue weighted by Gasteiger charge is -2.31. The maximum absolute atomic E-state index is 13.5. The van der Waals surface area contributed by atoms with Crippen LogP contribution in [0.25, 0.3) is 16.8 Å². The Morgan fingerprint density at radius 2 is 1.92 bits per heavy atom. The molecule has 7 heteroatoms. The van der Waals surface area contributed by atoms with Gasteiger partial charge < -0.3 is 10.6 Å². The van der Waals surface area contributed by atoms with E-state index in [-0.39, 0.29) is 6.04 Å². The number of piperidine rings is 1. The molecule has 3 aromatic rings. The Bertz CT molecular complexity index is 872. The lowest BCUT2D eigenvalue weighted by Crippen LogP contribution is -2.43. The number of nitrogens with two attached hydrogens (primary N) is 1. The second-order valence-corrected chi connectivity index (χ2v) is 6.12. The summed E-state index contributed by atoms with van der Waals surface area (Å²) in [5.41, 5.74) is 7.76. The van der Waals surface area contributed by atoms with Crippen LogP contribution in [0.2, 0.25) is 0 Å². The first-order valence-electron chi connectivity index (χ1n) is 7.91. The first-order valence-corrected chi connectivity index (χ1v) is 7.91. The predicted octanol–water partition coefficient (Wildman–Crippen LogP) is 2.60. The van der Waals surface area contributed by atoms with Crippen LogP contribution in [0.3, 0.4) is 0 Å². The lowest BCUT2D eigenvalue weighted by atomic mass is 10.1. The van der Waals surface area contributed by atoms with E-state index < -0.39 is 11.6 Å². The van der Waals surface area contributed by atoms with Gasteiger partial charge in [-0.05, 0) is 31.0 Å². The van der Waals surface area contributed by atoms with Crippen LogP contribution in [0.4, 0.5) is 14.6 Å². The first-order chi connectivity index (χ1) is 11.6. The van der Waals surface area contributed by atoms with Crippen molar-refractivity contribution < 1.29 is 8.78 Å². The summed E-state index contributed by atoms with van der Waals surface area (Å²) < 4.78 is 28.6. The number of benzene rings is 1. The highest BCUT2D eigenvalue weighted by atomic mass is 19.1. The fourth-order valence-electron chi connectivity index (χ4n) is 3.20. The summed E-state index contributed by atoms with van der Waals surface area (Å²) in [5.74, 6) is -0.451. The summed E-state index contributed by atoms with van der Waals surface area (Å²) >= 11 is 0. The SMILES string of the molecule is NC1CCCN(c2nccn3nc(-c4cc(F)cc(F)c4)cc23)C1. The molecule has 0 radical (unpaired) electrons. The summed E-state index contributed by atoms with van der Waals surface area (Å²) in [4.78, 5) is 6.61. The summed E-state index contributed by atoms with van der Waals surface area (Å²) in [6.07, 6.45) is 5.42. The lowest BCUT2D eigenvalue weighted by molar-refractivity contribution is 0.503. The molecule has 4 rings (SSSR count).